The van der Waals surface area contributed by atoms with Gasteiger partial charge < -0.3 is 29.0 Å². The van der Waals surface area contributed by atoms with Gasteiger partial charge in [-0.2, -0.15) is 13.2 Å². The van der Waals surface area contributed by atoms with Crippen molar-refractivity contribution in [1.29, 1.82) is 0 Å². The van der Waals surface area contributed by atoms with Gasteiger partial charge in [-0.3, -0.25) is 4.79 Å². The summed E-state index contributed by atoms with van der Waals surface area (Å²) in [5.41, 5.74) is 3.48. The number of benzene rings is 2. The van der Waals surface area contributed by atoms with Crippen molar-refractivity contribution in [2.45, 2.75) is 58.7 Å². The van der Waals surface area contributed by atoms with Crippen LogP contribution >= 0.6 is 0 Å². The molecule has 0 saturated carbocycles. The van der Waals surface area contributed by atoms with E-state index in [0.29, 0.717) is 36.0 Å². The Morgan fingerprint density at radius 2 is 1.69 bits per heavy atom. The summed E-state index contributed by atoms with van der Waals surface area (Å²) in [4.78, 5) is 21.3. The van der Waals surface area contributed by atoms with Gasteiger partial charge in [0.05, 0.1) is 46.2 Å². The molecule has 0 saturated heterocycles. The lowest BCUT2D eigenvalue weighted by Crippen LogP contribution is -2.25. The number of aliphatic carboxylic acids is 1. The maximum atomic E-state index is 12.9. The van der Waals surface area contributed by atoms with Crippen LogP contribution in [0.15, 0.2) is 54.9 Å². The lowest BCUT2D eigenvalue weighted by Gasteiger charge is -2.25. The largest absolute Gasteiger partial charge is 0.496 e. The third kappa shape index (κ3) is 10.6. The second-order valence-corrected chi connectivity index (χ2v) is 10.4. The minimum absolute atomic E-state index is 0.0320. The number of anilines is 1. The van der Waals surface area contributed by atoms with E-state index in [2.05, 4.69) is 29.9 Å². The third-order valence-corrected chi connectivity index (χ3v) is 6.77. The fourth-order valence-electron chi connectivity index (χ4n) is 4.51. The maximum Gasteiger partial charge on any atom is 0.392 e. The van der Waals surface area contributed by atoms with Crippen LogP contribution in [0.3, 0.4) is 0 Å². The van der Waals surface area contributed by atoms with Crippen molar-refractivity contribution in [1.82, 2.24) is 9.97 Å². The van der Waals surface area contributed by atoms with Crippen molar-refractivity contribution >= 4 is 11.9 Å². The molecular weight excluding hydrogens is 591 g/mol. The SMILES string of the molecule is CCOc1cc(-c2cc(C(C)C)ccc2OC)c(CN(C/C=C/CC(F)(F)F)c2ncc(OCCCC(=O)O)cn2)cc1OC. The number of hydrogen-bond donors (Lipinski definition) is 1. The molecule has 0 unspecified atom stereocenters. The molecule has 244 valence electrons. The van der Waals surface area contributed by atoms with E-state index >= 15 is 0 Å². The fraction of sp³-hybridized carbons (Fsp3) is 0.424. The number of hydrogen-bond acceptors (Lipinski definition) is 8. The first-order valence-electron chi connectivity index (χ1n) is 14.6. The molecule has 0 aliphatic rings. The first-order chi connectivity index (χ1) is 21.4. The highest BCUT2D eigenvalue weighted by atomic mass is 19.4. The Balaban J connectivity index is 2.07. The zero-order chi connectivity index (χ0) is 33.0. The first-order valence-corrected chi connectivity index (χ1v) is 14.6. The number of methoxy groups -OCH3 is 2. The Morgan fingerprint density at radius 1 is 0.978 bits per heavy atom. The molecule has 0 radical (unpaired) electrons. The summed E-state index contributed by atoms with van der Waals surface area (Å²) in [6, 6.07) is 9.71. The van der Waals surface area contributed by atoms with Crippen LogP contribution in [0.4, 0.5) is 19.1 Å². The van der Waals surface area contributed by atoms with Crippen molar-refractivity contribution in [2.75, 3.05) is 38.9 Å². The summed E-state index contributed by atoms with van der Waals surface area (Å²) >= 11 is 0. The lowest BCUT2D eigenvalue weighted by molar-refractivity contribution is -0.137. The van der Waals surface area contributed by atoms with Gasteiger partial charge in [-0.15, -0.1) is 0 Å². The van der Waals surface area contributed by atoms with Crippen LogP contribution in [-0.2, 0) is 11.3 Å². The average Bonchev–Trinajstić information content (AvgIpc) is 3.00. The molecular formula is C33H40F3N3O6. The normalized spacial score (nSPS) is 11.6. The second-order valence-electron chi connectivity index (χ2n) is 10.4. The molecule has 3 rings (SSSR count). The quantitative estimate of drug-likeness (QED) is 0.120. The molecule has 0 amide bonds. The molecule has 12 heteroatoms. The molecule has 0 atom stereocenters. The zero-order valence-electron chi connectivity index (χ0n) is 26.2. The molecule has 1 heterocycles. The standard InChI is InChI=1S/C33H40F3N3O6/c1-6-44-30-18-26(27-16-23(22(2)3)11-12-28(27)42-4)24(17-29(30)43-5)21-39(14-8-7-13-33(34,35)36)32-37-19-25(20-38-32)45-15-9-10-31(40)41/h7-8,11-12,16-20,22H,6,9-10,13-15,21H2,1-5H3,(H,40,41)/b8-7+. The van der Waals surface area contributed by atoms with Crippen LogP contribution in [0.2, 0.25) is 0 Å². The van der Waals surface area contributed by atoms with Crippen LogP contribution in [0.5, 0.6) is 23.0 Å². The summed E-state index contributed by atoms with van der Waals surface area (Å²) in [7, 11) is 3.13. The van der Waals surface area contributed by atoms with Crippen LogP contribution in [0.1, 0.15) is 57.1 Å². The Bertz CT molecular complexity index is 1430. The fourth-order valence-corrected chi connectivity index (χ4v) is 4.51. The number of carboxylic acid groups (broad SMARTS) is 1. The van der Waals surface area contributed by atoms with E-state index in [4.69, 9.17) is 24.1 Å². The molecule has 3 aromatic rings. The van der Waals surface area contributed by atoms with Gasteiger partial charge in [-0.25, -0.2) is 9.97 Å². The van der Waals surface area contributed by atoms with Gasteiger partial charge in [-0.1, -0.05) is 32.1 Å². The predicted molar refractivity (Wildman–Crippen MR) is 165 cm³/mol. The topological polar surface area (TPSA) is 103 Å². The van der Waals surface area contributed by atoms with E-state index < -0.39 is 18.6 Å². The monoisotopic (exact) mass is 631 g/mol. The molecule has 1 N–H and O–H groups in total. The number of carboxylic acids is 1. The molecule has 0 spiro atoms. The van der Waals surface area contributed by atoms with Gasteiger partial charge in [0.15, 0.2) is 17.2 Å². The molecule has 9 nitrogen and oxygen atoms in total. The van der Waals surface area contributed by atoms with Gasteiger partial charge in [0.1, 0.15) is 5.75 Å². The summed E-state index contributed by atoms with van der Waals surface area (Å²) in [5.74, 6) is 1.60. The van der Waals surface area contributed by atoms with Gasteiger partial charge in [-0.05, 0) is 60.2 Å². The van der Waals surface area contributed by atoms with Crippen LogP contribution in [0, 0.1) is 0 Å². The molecule has 2 aromatic carbocycles. The highest BCUT2D eigenvalue weighted by Gasteiger charge is 2.25. The summed E-state index contributed by atoms with van der Waals surface area (Å²) in [6.45, 7) is 6.92. The Morgan fingerprint density at radius 3 is 2.29 bits per heavy atom. The van der Waals surface area contributed by atoms with Gasteiger partial charge in [0.2, 0.25) is 5.95 Å². The number of rotatable bonds is 17. The van der Waals surface area contributed by atoms with E-state index in [0.717, 1.165) is 28.3 Å². The first kappa shape index (κ1) is 35.0. The predicted octanol–water partition coefficient (Wildman–Crippen LogP) is 7.44. The average molecular weight is 632 g/mol. The maximum absolute atomic E-state index is 12.9. The minimum atomic E-state index is -4.33. The van der Waals surface area contributed by atoms with Crippen molar-refractivity contribution in [3.63, 3.8) is 0 Å². The van der Waals surface area contributed by atoms with Gasteiger partial charge >= 0.3 is 12.1 Å². The number of carbonyl (C=O) groups is 1. The molecule has 0 bridgehead atoms. The van der Waals surface area contributed by atoms with Gasteiger partial charge in [0.25, 0.3) is 0 Å². The zero-order valence-corrected chi connectivity index (χ0v) is 26.2. The minimum Gasteiger partial charge on any atom is -0.496 e. The molecule has 0 aliphatic carbocycles. The van der Waals surface area contributed by atoms with E-state index in [9.17, 15) is 18.0 Å². The van der Waals surface area contributed by atoms with E-state index in [1.807, 2.05) is 31.2 Å². The van der Waals surface area contributed by atoms with E-state index in [1.165, 1.54) is 25.6 Å². The van der Waals surface area contributed by atoms with E-state index in [1.54, 1.807) is 12.0 Å². The number of halogens is 3. The highest BCUT2D eigenvalue weighted by molar-refractivity contribution is 5.77. The molecule has 0 fully saturated rings. The second kappa shape index (κ2) is 16.6. The van der Waals surface area contributed by atoms with Crippen LogP contribution < -0.4 is 23.8 Å². The van der Waals surface area contributed by atoms with Crippen molar-refractivity contribution in [2.24, 2.45) is 0 Å². The number of aromatic nitrogens is 2. The Labute approximate surface area is 261 Å². The number of alkyl halides is 3. The summed E-state index contributed by atoms with van der Waals surface area (Å²) < 4.78 is 61.5. The highest BCUT2D eigenvalue weighted by Crippen LogP contribution is 2.41. The van der Waals surface area contributed by atoms with Crippen molar-refractivity contribution in [3.05, 3.63) is 66.0 Å². The van der Waals surface area contributed by atoms with Crippen LogP contribution in [0.25, 0.3) is 11.1 Å². The Kier molecular flexibility index (Phi) is 12.9. The Hall–Kier alpha value is -4.48. The summed E-state index contributed by atoms with van der Waals surface area (Å²) in [5, 5.41) is 8.82. The lowest BCUT2D eigenvalue weighted by atomic mass is 9.93. The summed E-state index contributed by atoms with van der Waals surface area (Å²) in [6.07, 6.45) is 0.291. The smallest absolute Gasteiger partial charge is 0.392 e. The van der Waals surface area contributed by atoms with Crippen LogP contribution in [-0.4, -0.2) is 61.2 Å². The molecule has 1 aromatic heterocycles. The molecule has 45 heavy (non-hydrogen) atoms. The molecule has 0 aliphatic heterocycles. The third-order valence-electron chi connectivity index (χ3n) is 6.77. The van der Waals surface area contributed by atoms with Crippen molar-refractivity contribution in [3.8, 4) is 34.1 Å². The number of nitrogens with zero attached hydrogens (tertiary/aromatic N) is 3. The number of ether oxygens (including phenoxy) is 4. The van der Waals surface area contributed by atoms with Crippen molar-refractivity contribution < 1.29 is 42.0 Å². The van der Waals surface area contributed by atoms with Gasteiger partial charge in [0, 0.05) is 25.1 Å². The van der Waals surface area contributed by atoms with E-state index in [-0.39, 0.29) is 38.0 Å². The number of allylic oxidation sites excluding steroid dienone is 1.